The van der Waals surface area contributed by atoms with Gasteiger partial charge < -0.3 is 15.0 Å². The van der Waals surface area contributed by atoms with Crippen LogP contribution in [0.1, 0.15) is 46.5 Å². The highest BCUT2D eigenvalue weighted by Crippen LogP contribution is 2.18. The van der Waals surface area contributed by atoms with Crippen molar-refractivity contribution in [3.8, 4) is 5.75 Å². The minimum Gasteiger partial charge on any atom is -0.491 e. The average Bonchev–Trinajstić information content (AvgIpc) is 2.79. The molecule has 1 N–H and O–H groups in total. The first kappa shape index (κ1) is 22.1. The van der Waals surface area contributed by atoms with Gasteiger partial charge in [0.25, 0.3) is 11.8 Å². The summed E-state index contributed by atoms with van der Waals surface area (Å²) in [7, 11) is 1.77. The lowest BCUT2D eigenvalue weighted by molar-refractivity contribution is 0.0784. The van der Waals surface area contributed by atoms with E-state index in [4.69, 9.17) is 4.74 Å². The number of benzene rings is 3. The van der Waals surface area contributed by atoms with Crippen molar-refractivity contribution >= 4 is 17.5 Å². The van der Waals surface area contributed by atoms with E-state index < -0.39 is 0 Å². The summed E-state index contributed by atoms with van der Waals surface area (Å²) in [6.45, 7) is 4.58. The summed E-state index contributed by atoms with van der Waals surface area (Å²) >= 11 is 0. The molecule has 0 fully saturated rings. The summed E-state index contributed by atoms with van der Waals surface area (Å²) in [5, 5.41) is 2.86. The minimum atomic E-state index is -0.239. The van der Waals surface area contributed by atoms with Crippen LogP contribution in [-0.2, 0) is 6.54 Å². The number of nitrogens with one attached hydrogen (secondary N) is 1. The van der Waals surface area contributed by atoms with Crippen molar-refractivity contribution in [2.24, 2.45) is 0 Å². The smallest absolute Gasteiger partial charge is 0.255 e. The van der Waals surface area contributed by atoms with Gasteiger partial charge in [0.1, 0.15) is 5.75 Å². The Kier molecular flexibility index (Phi) is 7.44. The van der Waals surface area contributed by atoms with Crippen LogP contribution in [0.3, 0.4) is 0 Å². The van der Waals surface area contributed by atoms with Gasteiger partial charge in [0.05, 0.1) is 6.10 Å². The maximum Gasteiger partial charge on any atom is 0.255 e. The van der Waals surface area contributed by atoms with E-state index in [1.54, 1.807) is 60.5 Å². The third-order valence-electron chi connectivity index (χ3n) is 5.01. The van der Waals surface area contributed by atoms with Gasteiger partial charge in [-0.05, 0) is 61.4 Å². The van der Waals surface area contributed by atoms with E-state index in [1.165, 1.54) is 0 Å². The third kappa shape index (κ3) is 6.19. The van der Waals surface area contributed by atoms with Crippen LogP contribution in [0.25, 0.3) is 0 Å². The summed E-state index contributed by atoms with van der Waals surface area (Å²) in [6, 6.07) is 23.9. The van der Waals surface area contributed by atoms with Crippen molar-refractivity contribution in [3.63, 3.8) is 0 Å². The quantitative estimate of drug-likeness (QED) is 0.536. The van der Waals surface area contributed by atoms with Crippen LogP contribution in [0.15, 0.2) is 78.9 Å². The fourth-order valence-electron chi connectivity index (χ4n) is 3.08. The summed E-state index contributed by atoms with van der Waals surface area (Å²) < 4.78 is 5.75. The number of hydrogen-bond donors (Lipinski definition) is 1. The van der Waals surface area contributed by atoms with Crippen molar-refractivity contribution < 1.29 is 14.3 Å². The molecule has 0 bridgehead atoms. The molecule has 0 radical (unpaired) electrons. The zero-order chi connectivity index (χ0) is 22.2. The summed E-state index contributed by atoms with van der Waals surface area (Å²) in [6.07, 6.45) is 1.04. The zero-order valence-electron chi connectivity index (χ0n) is 18.2. The van der Waals surface area contributed by atoms with Crippen LogP contribution in [0.5, 0.6) is 5.75 Å². The molecule has 0 aliphatic rings. The Bertz CT molecular complexity index is 1020. The number of carbonyl (C=O) groups excluding carboxylic acids is 2. The standard InChI is InChI=1S/C26H28N2O3/c1-4-19(2)31-24-15-13-21(14-16-24)25(29)27-23-12-8-11-22(17-23)26(30)28(3)18-20-9-6-5-7-10-20/h5-17,19H,4,18H2,1-3H3,(H,27,29). The highest BCUT2D eigenvalue weighted by Gasteiger charge is 2.14. The van der Waals surface area contributed by atoms with Gasteiger partial charge in [-0.2, -0.15) is 0 Å². The molecule has 0 heterocycles. The van der Waals surface area contributed by atoms with Gasteiger partial charge >= 0.3 is 0 Å². The number of rotatable bonds is 8. The van der Waals surface area contributed by atoms with Gasteiger partial charge in [0, 0.05) is 30.4 Å². The van der Waals surface area contributed by atoms with E-state index in [9.17, 15) is 9.59 Å². The molecule has 5 nitrogen and oxygen atoms in total. The van der Waals surface area contributed by atoms with Crippen molar-refractivity contribution in [2.45, 2.75) is 32.9 Å². The molecule has 3 aromatic rings. The molecule has 5 heteroatoms. The third-order valence-corrected chi connectivity index (χ3v) is 5.01. The average molecular weight is 417 g/mol. The van der Waals surface area contributed by atoms with Crippen LogP contribution in [0, 0.1) is 0 Å². The van der Waals surface area contributed by atoms with Crippen LogP contribution >= 0.6 is 0 Å². The molecule has 0 spiro atoms. The molecule has 3 aromatic carbocycles. The van der Waals surface area contributed by atoms with Crippen LogP contribution in [0.4, 0.5) is 5.69 Å². The van der Waals surface area contributed by atoms with Gasteiger partial charge in [-0.15, -0.1) is 0 Å². The molecule has 31 heavy (non-hydrogen) atoms. The fraction of sp³-hybridized carbons (Fsp3) is 0.231. The van der Waals surface area contributed by atoms with Gasteiger partial charge in [-0.1, -0.05) is 43.3 Å². The maximum absolute atomic E-state index is 12.8. The minimum absolute atomic E-state index is 0.105. The summed E-state index contributed by atoms with van der Waals surface area (Å²) in [5.41, 5.74) is 2.68. The van der Waals surface area contributed by atoms with Crippen LogP contribution < -0.4 is 10.1 Å². The van der Waals surface area contributed by atoms with Gasteiger partial charge in [0.2, 0.25) is 0 Å². The van der Waals surface area contributed by atoms with Crippen molar-refractivity contribution in [2.75, 3.05) is 12.4 Å². The number of anilines is 1. The van der Waals surface area contributed by atoms with Crippen molar-refractivity contribution in [1.82, 2.24) is 4.90 Å². The molecular weight excluding hydrogens is 388 g/mol. The summed E-state index contributed by atoms with van der Waals surface area (Å²) in [5.74, 6) is 0.392. The fourth-order valence-corrected chi connectivity index (χ4v) is 3.08. The molecule has 1 unspecified atom stereocenters. The lowest BCUT2D eigenvalue weighted by Gasteiger charge is -2.18. The van der Waals surface area contributed by atoms with E-state index in [-0.39, 0.29) is 17.9 Å². The maximum atomic E-state index is 12.8. The second-order valence-electron chi connectivity index (χ2n) is 7.54. The van der Waals surface area contributed by atoms with Crippen molar-refractivity contribution in [1.29, 1.82) is 0 Å². The predicted molar refractivity (Wildman–Crippen MR) is 123 cm³/mol. The number of amides is 2. The number of nitrogens with zero attached hydrogens (tertiary/aromatic N) is 1. The molecule has 0 aliphatic carbocycles. The van der Waals surface area contributed by atoms with Gasteiger partial charge in [-0.3, -0.25) is 9.59 Å². The highest BCUT2D eigenvalue weighted by molar-refractivity contribution is 6.05. The second-order valence-corrected chi connectivity index (χ2v) is 7.54. The first-order valence-electron chi connectivity index (χ1n) is 10.4. The number of carbonyl (C=O) groups is 2. The first-order chi connectivity index (χ1) is 15.0. The molecule has 3 rings (SSSR count). The van der Waals surface area contributed by atoms with Gasteiger partial charge in [-0.25, -0.2) is 0 Å². The Labute approximate surface area is 183 Å². The molecule has 0 saturated heterocycles. The SMILES string of the molecule is CCC(C)Oc1ccc(C(=O)Nc2cccc(C(=O)N(C)Cc3ccccc3)c2)cc1. The van der Waals surface area contributed by atoms with E-state index in [2.05, 4.69) is 12.2 Å². The molecule has 0 saturated carbocycles. The molecule has 1 atom stereocenters. The Hall–Kier alpha value is -3.60. The van der Waals surface area contributed by atoms with E-state index in [1.807, 2.05) is 37.3 Å². The number of ether oxygens (including phenoxy) is 1. The number of hydrogen-bond acceptors (Lipinski definition) is 3. The molecule has 0 aliphatic heterocycles. The Balaban J connectivity index is 1.64. The van der Waals surface area contributed by atoms with Crippen LogP contribution in [-0.4, -0.2) is 29.9 Å². The van der Waals surface area contributed by atoms with E-state index in [0.29, 0.717) is 23.4 Å². The Morgan fingerprint density at radius 1 is 0.935 bits per heavy atom. The zero-order valence-corrected chi connectivity index (χ0v) is 18.2. The lowest BCUT2D eigenvalue weighted by atomic mass is 10.1. The van der Waals surface area contributed by atoms with Crippen molar-refractivity contribution in [3.05, 3.63) is 95.6 Å². The summed E-state index contributed by atoms with van der Waals surface area (Å²) in [4.78, 5) is 27.1. The largest absolute Gasteiger partial charge is 0.491 e. The molecule has 160 valence electrons. The monoisotopic (exact) mass is 416 g/mol. The second kappa shape index (κ2) is 10.4. The lowest BCUT2D eigenvalue weighted by Crippen LogP contribution is -2.26. The Morgan fingerprint density at radius 3 is 2.32 bits per heavy atom. The molecule has 0 aromatic heterocycles. The van der Waals surface area contributed by atoms with Gasteiger partial charge in [0.15, 0.2) is 0 Å². The first-order valence-corrected chi connectivity index (χ1v) is 10.4. The van der Waals surface area contributed by atoms with E-state index in [0.717, 1.165) is 17.7 Å². The van der Waals surface area contributed by atoms with E-state index >= 15 is 0 Å². The highest BCUT2D eigenvalue weighted by atomic mass is 16.5. The predicted octanol–water partition coefficient (Wildman–Crippen LogP) is 5.39. The topological polar surface area (TPSA) is 58.6 Å². The van der Waals surface area contributed by atoms with Crippen LogP contribution in [0.2, 0.25) is 0 Å². The Morgan fingerprint density at radius 2 is 1.65 bits per heavy atom. The molecule has 2 amide bonds. The normalized spacial score (nSPS) is 11.5. The molecular formula is C26H28N2O3.